The number of fused-ring (bicyclic) bond motifs is 1. The zero-order chi connectivity index (χ0) is 24.6. The molecule has 0 bridgehead atoms. The fourth-order valence-corrected chi connectivity index (χ4v) is 4.61. The maximum Gasteiger partial charge on any atom is 0.323 e. The maximum atomic E-state index is 13.2. The number of rotatable bonds is 9. The Bertz CT molecular complexity index is 1160. The van der Waals surface area contributed by atoms with Crippen molar-refractivity contribution in [2.45, 2.75) is 26.7 Å². The minimum Gasteiger partial charge on any atom is -0.371 e. The van der Waals surface area contributed by atoms with Crippen molar-refractivity contribution in [2.75, 3.05) is 54.8 Å². The van der Waals surface area contributed by atoms with Gasteiger partial charge >= 0.3 is 6.03 Å². The molecular weight excluding hydrogens is 438 g/mol. The summed E-state index contributed by atoms with van der Waals surface area (Å²) in [6.07, 6.45) is 2.24. The third kappa shape index (κ3) is 6.11. The van der Waals surface area contributed by atoms with Gasteiger partial charge in [-0.3, -0.25) is 4.79 Å². The Balaban J connectivity index is 1.49. The first-order valence-corrected chi connectivity index (χ1v) is 12.5. The number of hydrogen-bond acceptors (Lipinski definition) is 4. The zero-order valence-electron chi connectivity index (χ0n) is 20.6. The molecule has 4 rings (SSSR count). The molecule has 0 aromatic heterocycles. The summed E-state index contributed by atoms with van der Waals surface area (Å²) in [5, 5.41) is 10.9. The van der Waals surface area contributed by atoms with E-state index in [9.17, 15) is 9.59 Å². The van der Waals surface area contributed by atoms with E-state index in [0.29, 0.717) is 17.8 Å². The highest BCUT2D eigenvalue weighted by Crippen LogP contribution is 2.28. The van der Waals surface area contributed by atoms with Crippen molar-refractivity contribution in [2.24, 2.45) is 0 Å². The van der Waals surface area contributed by atoms with Crippen LogP contribution in [-0.4, -0.2) is 56.1 Å². The van der Waals surface area contributed by atoms with Crippen LogP contribution in [0.5, 0.6) is 0 Å². The van der Waals surface area contributed by atoms with Gasteiger partial charge in [-0.15, -0.1) is 0 Å². The number of likely N-dealkylation sites (N-methyl/N-ethyl adjacent to an activating group) is 1. The number of anilines is 3. The predicted molar refractivity (Wildman–Crippen MR) is 145 cm³/mol. The summed E-state index contributed by atoms with van der Waals surface area (Å²) < 4.78 is 0. The minimum atomic E-state index is -0.344. The first-order valence-electron chi connectivity index (χ1n) is 12.5. The number of benzene rings is 3. The molecule has 0 unspecified atom stereocenters. The van der Waals surface area contributed by atoms with Crippen LogP contribution in [0, 0.1) is 0 Å². The molecule has 3 aromatic carbocycles. The fourth-order valence-electron chi connectivity index (χ4n) is 4.61. The van der Waals surface area contributed by atoms with E-state index in [2.05, 4.69) is 39.6 Å². The normalized spacial score (nSPS) is 13.3. The largest absolute Gasteiger partial charge is 0.371 e. The number of nitrogens with one attached hydrogen (secondary N) is 3. The molecular formula is C28H35N5O2. The van der Waals surface area contributed by atoms with Gasteiger partial charge in [0.15, 0.2) is 0 Å². The molecule has 3 amide bonds. The average Bonchev–Trinajstić information content (AvgIpc) is 3.41. The average molecular weight is 474 g/mol. The van der Waals surface area contributed by atoms with E-state index >= 15 is 0 Å². The van der Waals surface area contributed by atoms with Gasteiger partial charge in [0, 0.05) is 42.9 Å². The molecule has 35 heavy (non-hydrogen) atoms. The highest BCUT2D eigenvalue weighted by atomic mass is 16.2. The lowest BCUT2D eigenvalue weighted by Gasteiger charge is -2.23. The lowest BCUT2D eigenvalue weighted by molar-refractivity contribution is 0.0949. The maximum absolute atomic E-state index is 13.2. The SMILES string of the molecule is CCN(CC)CCNC(=O)c1cc(NC(=O)Nc2cccc3ccccc23)ccc1N1CCCC1. The quantitative estimate of drug-likeness (QED) is 0.401. The van der Waals surface area contributed by atoms with Gasteiger partial charge in [-0.25, -0.2) is 4.79 Å². The van der Waals surface area contributed by atoms with E-state index in [1.807, 2.05) is 54.6 Å². The molecule has 3 N–H and O–H groups in total. The van der Waals surface area contributed by atoms with Crippen LogP contribution in [0.4, 0.5) is 21.9 Å². The van der Waals surface area contributed by atoms with Crippen LogP contribution < -0.4 is 20.9 Å². The molecule has 0 spiro atoms. The third-order valence-electron chi connectivity index (χ3n) is 6.59. The van der Waals surface area contributed by atoms with Crippen molar-refractivity contribution in [3.8, 4) is 0 Å². The lowest BCUT2D eigenvalue weighted by atomic mass is 10.1. The molecule has 1 heterocycles. The molecule has 0 aliphatic carbocycles. The smallest absolute Gasteiger partial charge is 0.323 e. The van der Waals surface area contributed by atoms with E-state index < -0.39 is 0 Å². The Hall–Kier alpha value is -3.58. The molecule has 1 saturated heterocycles. The summed E-state index contributed by atoms with van der Waals surface area (Å²) in [6.45, 7) is 9.42. The van der Waals surface area contributed by atoms with Crippen LogP contribution >= 0.6 is 0 Å². The highest BCUT2D eigenvalue weighted by Gasteiger charge is 2.20. The Morgan fingerprint density at radius 3 is 2.43 bits per heavy atom. The molecule has 0 atom stereocenters. The Kier molecular flexibility index (Phi) is 8.21. The topological polar surface area (TPSA) is 76.7 Å². The van der Waals surface area contributed by atoms with E-state index in [0.717, 1.165) is 67.7 Å². The van der Waals surface area contributed by atoms with Gasteiger partial charge in [0.05, 0.1) is 11.3 Å². The van der Waals surface area contributed by atoms with Gasteiger partial charge < -0.3 is 25.8 Å². The molecule has 1 fully saturated rings. The molecule has 1 aliphatic rings. The van der Waals surface area contributed by atoms with Gasteiger partial charge in [-0.2, -0.15) is 0 Å². The Labute approximate surface area is 207 Å². The van der Waals surface area contributed by atoms with E-state index in [1.54, 1.807) is 6.07 Å². The third-order valence-corrected chi connectivity index (χ3v) is 6.59. The summed E-state index contributed by atoms with van der Waals surface area (Å²) in [5.74, 6) is -0.114. The zero-order valence-corrected chi connectivity index (χ0v) is 20.6. The summed E-state index contributed by atoms with van der Waals surface area (Å²) in [7, 11) is 0. The van der Waals surface area contributed by atoms with Gasteiger partial charge in [0.1, 0.15) is 0 Å². The van der Waals surface area contributed by atoms with Gasteiger partial charge in [0.2, 0.25) is 0 Å². The number of urea groups is 1. The Morgan fingerprint density at radius 2 is 1.66 bits per heavy atom. The van der Waals surface area contributed by atoms with E-state index in [1.165, 1.54) is 0 Å². The fraction of sp³-hybridized carbons (Fsp3) is 0.357. The summed E-state index contributed by atoms with van der Waals surface area (Å²) in [6, 6.07) is 19.0. The van der Waals surface area contributed by atoms with Gasteiger partial charge in [-0.05, 0) is 55.6 Å². The first-order chi connectivity index (χ1) is 17.1. The number of carbonyl (C=O) groups is 2. The monoisotopic (exact) mass is 473 g/mol. The van der Waals surface area contributed by atoms with Crippen LogP contribution in [0.3, 0.4) is 0 Å². The molecule has 184 valence electrons. The predicted octanol–water partition coefficient (Wildman–Crippen LogP) is 5.16. The van der Waals surface area contributed by atoms with E-state index in [-0.39, 0.29) is 11.9 Å². The number of amides is 3. The van der Waals surface area contributed by atoms with Crippen LogP contribution in [0.15, 0.2) is 60.7 Å². The van der Waals surface area contributed by atoms with Crippen molar-refractivity contribution < 1.29 is 9.59 Å². The number of nitrogens with zero attached hydrogens (tertiary/aromatic N) is 2. The molecule has 3 aromatic rings. The number of carbonyl (C=O) groups excluding carboxylic acids is 2. The molecule has 7 nitrogen and oxygen atoms in total. The first kappa shape index (κ1) is 24.5. The van der Waals surface area contributed by atoms with Gasteiger partial charge in [0.25, 0.3) is 5.91 Å². The molecule has 0 saturated carbocycles. The van der Waals surface area contributed by atoms with E-state index in [4.69, 9.17) is 0 Å². The second kappa shape index (κ2) is 11.7. The summed E-state index contributed by atoms with van der Waals surface area (Å²) >= 11 is 0. The lowest BCUT2D eigenvalue weighted by Crippen LogP contribution is -2.35. The standard InChI is InChI=1S/C28H35N5O2/c1-3-32(4-2)19-16-29-27(34)24-20-22(14-15-26(24)33-17-7-8-18-33)30-28(35)31-25-13-9-11-21-10-5-6-12-23(21)25/h5-6,9-15,20H,3-4,7-8,16-19H2,1-2H3,(H,29,34)(H2,30,31,35). The second-order valence-electron chi connectivity index (χ2n) is 8.81. The minimum absolute atomic E-state index is 0.114. The number of hydrogen-bond donors (Lipinski definition) is 3. The summed E-state index contributed by atoms with van der Waals surface area (Å²) in [4.78, 5) is 30.5. The van der Waals surface area contributed by atoms with Crippen LogP contribution in [0.25, 0.3) is 10.8 Å². The Morgan fingerprint density at radius 1 is 0.914 bits per heavy atom. The molecule has 7 heteroatoms. The second-order valence-corrected chi connectivity index (χ2v) is 8.81. The van der Waals surface area contributed by atoms with Gasteiger partial charge in [-0.1, -0.05) is 50.2 Å². The van der Waals surface area contributed by atoms with Crippen molar-refractivity contribution in [1.29, 1.82) is 0 Å². The molecule has 0 radical (unpaired) electrons. The van der Waals surface area contributed by atoms with Crippen molar-refractivity contribution >= 4 is 39.8 Å². The van der Waals surface area contributed by atoms with Crippen molar-refractivity contribution in [1.82, 2.24) is 10.2 Å². The van der Waals surface area contributed by atoms with Crippen molar-refractivity contribution in [3.05, 3.63) is 66.2 Å². The van der Waals surface area contributed by atoms with Crippen LogP contribution in [-0.2, 0) is 0 Å². The highest BCUT2D eigenvalue weighted by molar-refractivity contribution is 6.07. The summed E-state index contributed by atoms with van der Waals surface area (Å²) in [5.41, 5.74) is 2.83. The van der Waals surface area contributed by atoms with Crippen molar-refractivity contribution in [3.63, 3.8) is 0 Å². The van der Waals surface area contributed by atoms with Crippen LogP contribution in [0.2, 0.25) is 0 Å². The van der Waals surface area contributed by atoms with Crippen LogP contribution in [0.1, 0.15) is 37.0 Å². The molecule has 1 aliphatic heterocycles.